The minimum Gasteiger partial charge on any atom is -0.387 e. The molecule has 0 amide bonds. The molecule has 3 aromatic rings. The highest BCUT2D eigenvalue weighted by atomic mass is 19.1. The molecule has 1 aromatic heterocycles. The van der Waals surface area contributed by atoms with E-state index >= 15 is 0 Å². The molecule has 1 N–H and O–H groups in total. The van der Waals surface area contributed by atoms with Gasteiger partial charge in [0.05, 0.1) is 18.5 Å². The highest BCUT2D eigenvalue weighted by Gasteiger charge is 2.79. The maximum absolute atomic E-state index is 13.5. The number of imidazole rings is 1. The Bertz CT molecular complexity index is 1030. The van der Waals surface area contributed by atoms with Gasteiger partial charge in [-0.1, -0.05) is 30.7 Å². The first kappa shape index (κ1) is 19.2. The van der Waals surface area contributed by atoms with E-state index in [0.29, 0.717) is 6.54 Å². The van der Waals surface area contributed by atoms with Crippen LogP contribution in [0, 0.1) is 22.5 Å². The van der Waals surface area contributed by atoms with Crippen molar-refractivity contribution in [3.8, 4) is 0 Å². The molecule has 3 fully saturated rings. The number of rotatable bonds is 4. The average Bonchev–Trinajstić information content (AvgIpc) is 3.62. The van der Waals surface area contributed by atoms with Crippen molar-refractivity contribution in [1.29, 1.82) is 0 Å². The molecule has 3 aliphatic carbocycles. The first-order valence-corrected chi connectivity index (χ1v) is 11.2. The van der Waals surface area contributed by atoms with E-state index in [0.717, 1.165) is 43.2 Å². The van der Waals surface area contributed by atoms with Crippen LogP contribution in [0.3, 0.4) is 0 Å². The molecule has 4 atom stereocenters. The normalized spacial score (nSPS) is 36.1. The summed E-state index contributed by atoms with van der Waals surface area (Å²) < 4.78 is 29.0. The molecular formula is C26H26F2N2O. The van der Waals surface area contributed by atoms with Crippen LogP contribution in [0.15, 0.2) is 67.3 Å². The molecule has 4 unspecified atom stereocenters. The summed E-state index contributed by atoms with van der Waals surface area (Å²) in [6.45, 7) is 0.502. The van der Waals surface area contributed by atoms with E-state index in [2.05, 4.69) is 4.98 Å². The summed E-state index contributed by atoms with van der Waals surface area (Å²) >= 11 is 0. The topological polar surface area (TPSA) is 38.0 Å². The van der Waals surface area contributed by atoms with Crippen molar-refractivity contribution >= 4 is 0 Å². The van der Waals surface area contributed by atoms with Crippen LogP contribution in [0.4, 0.5) is 8.78 Å². The Morgan fingerprint density at radius 2 is 1.39 bits per heavy atom. The summed E-state index contributed by atoms with van der Waals surface area (Å²) in [5, 5.41) is 12.6. The van der Waals surface area contributed by atoms with Crippen molar-refractivity contribution in [2.24, 2.45) is 10.8 Å². The Labute approximate surface area is 180 Å². The minimum atomic E-state index is -0.906. The van der Waals surface area contributed by atoms with Crippen molar-refractivity contribution in [3.05, 3.63) is 90.0 Å². The summed E-state index contributed by atoms with van der Waals surface area (Å²) in [4.78, 5) is 4.20. The number of hydrogen-bond donors (Lipinski definition) is 1. The van der Waals surface area contributed by atoms with E-state index in [9.17, 15) is 13.9 Å². The molecule has 0 bridgehead atoms. The highest BCUT2D eigenvalue weighted by Crippen LogP contribution is 2.82. The molecule has 3 saturated carbocycles. The van der Waals surface area contributed by atoms with Gasteiger partial charge in [-0.2, -0.15) is 0 Å². The molecule has 1 heterocycles. The molecule has 0 aliphatic heterocycles. The fraction of sp³-hybridized carbons (Fsp3) is 0.423. The fourth-order valence-corrected chi connectivity index (χ4v) is 6.93. The predicted molar refractivity (Wildman–Crippen MR) is 113 cm³/mol. The van der Waals surface area contributed by atoms with Crippen molar-refractivity contribution in [1.82, 2.24) is 9.55 Å². The molecule has 0 radical (unpaired) electrons. The van der Waals surface area contributed by atoms with E-state index < -0.39 is 5.60 Å². The molecule has 3 aliphatic rings. The first-order chi connectivity index (χ1) is 15.0. The van der Waals surface area contributed by atoms with Gasteiger partial charge in [-0.3, -0.25) is 0 Å². The van der Waals surface area contributed by atoms with Gasteiger partial charge in [0.15, 0.2) is 0 Å². The Morgan fingerprint density at radius 1 is 0.871 bits per heavy atom. The van der Waals surface area contributed by atoms with Crippen LogP contribution in [0.2, 0.25) is 0 Å². The quantitative estimate of drug-likeness (QED) is 0.612. The number of benzene rings is 2. The number of aromatic nitrogens is 2. The van der Waals surface area contributed by atoms with Crippen LogP contribution < -0.4 is 0 Å². The Morgan fingerprint density at radius 3 is 1.84 bits per heavy atom. The maximum Gasteiger partial charge on any atom is 0.123 e. The molecule has 0 saturated heterocycles. The summed E-state index contributed by atoms with van der Waals surface area (Å²) in [5.41, 5.74) is 0.879. The Hall–Kier alpha value is -2.53. The van der Waals surface area contributed by atoms with E-state index in [1.165, 1.54) is 24.3 Å². The summed E-state index contributed by atoms with van der Waals surface area (Å²) in [7, 11) is 0. The SMILES string of the molecule is OC1(Cn2ccnc2)C2(CCCC13CC3c1ccc(F)cc1)CC2c1ccc(F)cc1. The number of halogens is 2. The zero-order valence-corrected chi connectivity index (χ0v) is 17.3. The predicted octanol–water partition coefficient (Wildman–Crippen LogP) is 5.42. The lowest BCUT2D eigenvalue weighted by Crippen LogP contribution is -2.55. The van der Waals surface area contributed by atoms with Crippen LogP contribution in [-0.2, 0) is 6.54 Å². The molecule has 160 valence electrons. The highest BCUT2D eigenvalue weighted by molar-refractivity contribution is 5.42. The van der Waals surface area contributed by atoms with Crippen molar-refractivity contribution in [2.45, 2.75) is 56.1 Å². The summed E-state index contributed by atoms with van der Waals surface area (Å²) in [5.74, 6) is -0.00172. The third kappa shape index (κ3) is 2.68. The average molecular weight is 421 g/mol. The smallest absolute Gasteiger partial charge is 0.123 e. The van der Waals surface area contributed by atoms with Gasteiger partial charge in [-0.05, 0) is 72.9 Å². The van der Waals surface area contributed by atoms with Gasteiger partial charge in [0.2, 0.25) is 0 Å². The fourth-order valence-electron chi connectivity index (χ4n) is 6.93. The lowest BCUT2D eigenvalue weighted by molar-refractivity contribution is -0.138. The Kier molecular flexibility index (Phi) is 4.01. The van der Waals surface area contributed by atoms with Crippen LogP contribution in [0.1, 0.15) is 55.1 Å². The largest absolute Gasteiger partial charge is 0.387 e. The number of nitrogens with zero attached hydrogens (tertiary/aromatic N) is 2. The lowest BCUT2D eigenvalue weighted by atomic mass is 9.60. The zero-order chi connectivity index (χ0) is 21.3. The van der Waals surface area contributed by atoms with Crippen molar-refractivity contribution < 1.29 is 13.9 Å². The molecule has 31 heavy (non-hydrogen) atoms. The van der Waals surface area contributed by atoms with Crippen molar-refractivity contribution in [3.63, 3.8) is 0 Å². The van der Waals surface area contributed by atoms with E-state index in [-0.39, 0.29) is 34.3 Å². The zero-order valence-electron chi connectivity index (χ0n) is 17.3. The third-order valence-corrected chi connectivity index (χ3v) is 8.56. The minimum absolute atomic E-state index is 0.220. The monoisotopic (exact) mass is 420 g/mol. The van der Waals surface area contributed by atoms with E-state index in [1.807, 2.05) is 35.0 Å². The van der Waals surface area contributed by atoms with E-state index in [1.54, 1.807) is 12.5 Å². The summed E-state index contributed by atoms with van der Waals surface area (Å²) in [6, 6.07) is 13.6. The summed E-state index contributed by atoms with van der Waals surface area (Å²) in [6.07, 6.45) is 10.3. The second-order valence-electron chi connectivity index (χ2n) is 9.88. The first-order valence-electron chi connectivity index (χ1n) is 11.2. The standard InChI is InChI=1S/C26H26F2N2O/c27-20-6-2-18(3-7-20)22-14-24(22)10-1-11-25(26(24,31)16-30-13-12-29-17-30)15-23(25)19-4-8-21(28)9-5-19/h2-9,12-13,17,22-23,31H,1,10-11,14-16H2. The molecule has 3 nitrogen and oxygen atoms in total. The molecule has 6 rings (SSSR count). The van der Waals surface area contributed by atoms with Crippen LogP contribution in [0.25, 0.3) is 0 Å². The maximum atomic E-state index is 13.5. The lowest BCUT2D eigenvalue weighted by Gasteiger charge is -2.49. The second-order valence-corrected chi connectivity index (χ2v) is 9.88. The van der Waals surface area contributed by atoms with Crippen LogP contribution in [-0.4, -0.2) is 20.3 Å². The van der Waals surface area contributed by atoms with Gasteiger partial charge in [0.1, 0.15) is 11.6 Å². The van der Waals surface area contributed by atoms with Gasteiger partial charge in [0, 0.05) is 23.2 Å². The molecule has 2 spiro atoms. The van der Waals surface area contributed by atoms with Crippen molar-refractivity contribution in [2.75, 3.05) is 0 Å². The Balaban J connectivity index is 1.41. The molecule has 2 aromatic carbocycles. The second kappa shape index (κ2) is 6.49. The van der Waals surface area contributed by atoms with Gasteiger partial charge in [0.25, 0.3) is 0 Å². The molecular weight excluding hydrogens is 394 g/mol. The van der Waals surface area contributed by atoms with Gasteiger partial charge < -0.3 is 9.67 Å². The molecule has 5 heteroatoms. The number of hydrogen-bond acceptors (Lipinski definition) is 2. The van der Waals surface area contributed by atoms with Gasteiger partial charge in [-0.25, -0.2) is 13.8 Å². The van der Waals surface area contributed by atoms with Gasteiger partial charge >= 0.3 is 0 Å². The van der Waals surface area contributed by atoms with Crippen LogP contribution in [0.5, 0.6) is 0 Å². The van der Waals surface area contributed by atoms with E-state index in [4.69, 9.17) is 0 Å². The van der Waals surface area contributed by atoms with Gasteiger partial charge in [-0.15, -0.1) is 0 Å². The number of aliphatic hydroxyl groups is 1. The van der Waals surface area contributed by atoms with Crippen LogP contribution >= 0.6 is 0 Å². The third-order valence-electron chi connectivity index (χ3n) is 8.56.